The van der Waals surface area contributed by atoms with Gasteiger partial charge in [0.1, 0.15) is 13.2 Å². The first-order valence-electron chi connectivity index (χ1n) is 41.4. The van der Waals surface area contributed by atoms with Crippen molar-refractivity contribution in [2.24, 2.45) is 0 Å². The molecule has 8 nitrogen and oxygen atoms in total. The normalized spacial score (nSPS) is 13.6. The fourth-order valence-electron chi connectivity index (χ4n) is 12.9. The lowest BCUT2D eigenvalue weighted by Crippen LogP contribution is -2.45. The third kappa shape index (κ3) is 76.1. The van der Waals surface area contributed by atoms with Crippen molar-refractivity contribution in [2.45, 2.75) is 450 Å². The number of carbonyl (C=O) groups is 1. The molecule has 546 valence electrons. The number of amides is 1. The molecule has 3 atom stereocenters. The summed E-state index contributed by atoms with van der Waals surface area (Å²) in [6.07, 6.45) is 101. The summed E-state index contributed by atoms with van der Waals surface area (Å²) in [6.45, 7) is 4.70. The van der Waals surface area contributed by atoms with Gasteiger partial charge in [-0.15, -0.1) is 0 Å². The van der Waals surface area contributed by atoms with E-state index in [0.717, 1.165) is 38.5 Å². The minimum Gasteiger partial charge on any atom is -0.756 e. The van der Waals surface area contributed by atoms with Crippen LogP contribution in [0.4, 0.5) is 0 Å². The molecule has 0 bridgehead atoms. The SMILES string of the molecule is CCCCCCCCCC/C=C\CCCCCCCCCCCCCCCCCCCCCCCCCCCCCC(=O)NC(COP(=O)([O-])OCC[N+](C)(C)C)C(O)/C=C/CC/C=C/CCCCCCCCCCCCCCCCCCCCCCCCCCC. The number of nitrogens with zero attached hydrogens (tertiary/aromatic N) is 1. The number of rotatable bonds is 78. The molecule has 0 aromatic heterocycles. The van der Waals surface area contributed by atoms with Crippen LogP contribution >= 0.6 is 7.82 Å². The maximum absolute atomic E-state index is 13.1. The number of phosphoric ester groups is 1. The Balaban J connectivity index is 3.94. The van der Waals surface area contributed by atoms with Gasteiger partial charge in [-0.25, -0.2) is 0 Å². The highest BCUT2D eigenvalue weighted by molar-refractivity contribution is 7.45. The number of hydrogen-bond donors (Lipinski definition) is 2. The zero-order valence-corrected chi connectivity index (χ0v) is 63.7. The fraction of sp³-hybridized carbons (Fsp3) is 0.916. The second-order valence-electron chi connectivity index (χ2n) is 29.8. The van der Waals surface area contributed by atoms with Crippen LogP contribution in [0.3, 0.4) is 0 Å². The van der Waals surface area contributed by atoms with Gasteiger partial charge in [-0.05, 0) is 57.8 Å². The lowest BCUT2D eigenvalue weighted by molar-refractivity contribution is -0.870. The van der Waals surface area contributed by atoms with Crippen molar-refractivity contribution in [2.75, 3.05) is 40.9 Å². The third-order valence-corrected chi connectivity index (χ3v) is 20.3. The van der Waals surface area contributed by atoms with E-state index in [0.29, 0.717) is 17.4 Å². The first-order chi connectivity index (χ1) is 45.0. The molecule has 0 aliphatic carbocycles. The average Bonchev–Trinajstić information content (AvgIpc) is 2.63. The molecule has 92 heavy (non-hydrogen) atoms. The predicted molar refractivity (Wildman–Crippen MR) is 404 cm³/mol. The van der Waals surface area contributed by atoms with Crippen LogP contribution in [0.25, 0.3) is 0 Å². The molecule has 0 saturated heterocycles. The van der Waals surface area contributed by atoms with Crippen LogP contribution in [-0.4, -0.2) is 68.5 Å². The van der Waals surface area contributed by atoms with Gasteiger partial charge in [0, 0.05) is 6.42 Å². The van der Waals surface area contributed by atoms with Crippen LogP contribution in [0.5, 0.6) is 0 Å². The number of aliphatic hydroxyl groups is 1. The molecule has 0 saturated carbocycles. The summed E-state index contributed by atoms with van der Waals surface area (Å²) in [6, 6.07) is -0.904. The van der Waals surface area contributed by atoms with Gasteiger partial charge in [0.25, 0.3) is 7.82 Å². The smallest absolute Gasteiger partial charge is 0.268 e. The van der Waals surface area contributed by atoms with E-state index >= 15 is 0 Å². The Morgan fingerprint density at radius 3 is 0.880 bits per heavy atom. The summed E-state index contributed by atoms with van der Waals surface area (Å²) in [5, 5.41) is 14.0. The molecular weight excluding hydrogens is 1150 g/mol. The molecule has 1 amide bonds. The van der Waals surface area contributed by atoms with Gasteiger partial charge in [-0.1, -0.05) is 410 Å². The highest BCUT2D eigenvalue weighted by atomic mass is 31.2. The van der Waals surface area contributed by atoms with Crippen molar-refractivity contribution >= 4 is 13.7 Å². The van der Waals surface area contributed by atoms with Gasteiger partial charge < -0.3 is 28.8 Å². The molecule has 9 heteroatoms. The van der Waals surface area contributed by atoms with E-state index in [4.69, 9.17) is 9.05 Å². The number of hydrogen-bond acceptors (Lipinski definition) is 6. The third-order valence-electron chi connectivity index (χ3n) is 19.3. The van der Waals surface area contributed by atoms with Gasteiger partial charge in [0.15, 0.2) is 0 Å². The molecule has 0 radical (unpaired) electrons. The van der Waals surface area contributed by atoms with Crippen molar-refractivity contribution in [3.8, 4) is 0 Å². The van der Waals surface area contributed by atoms with Crippen molar-refractivity contribution in [1.82, 2.24) is 5.32 Å². The summed E-state index contributed by atoms with van der Waals surface area (Å²) >= 11 is 0. The fourth-order valence-corrected chi connectivity index (χ4v) is 13.7. The van der Waals surface area contributed by atoms with Gasteiger partial charge in [-0.2, -0.15) is 0 Å². The van der Waals surface area contributed by atoms with E-state index in [1.165, 1.54) is 379 Å². The predicted octanol–water partition coefficient (Wildman–Crippen LogP) is 26.5. The first-order valence-corrected chi connectivity index (χ1v) is 42.8. The molecule has 0 aliphatic heterocycles. The van der Waals surface area contributed by atoms with Crippen LogP contribution in [0.15, 0.2) is 36.5 Å². The van der Waals surface area contributed by atoms with E-state index in [2.05, 4.69) is 43.5 Å². The van der Waals surface area contributed by atoms with Crippen molar-refractivity contribution in [1.29, 1.82) is 0 Å². The van der Waals surface area contributed by atoms with Crippen LogP contribution in [-0.2, 0) is 18.4 Å². The Labute approximate surface area is 576 Å². The maximum Gasteiger partial charge on any atom is 0.268 e. The molecule has 0 aliphatic rings. The van der Waals surface area contributed by atoms with Gasteiger partial charge >= 0.3 is 0 Å². The van der Waals surface area contributed by atoms with E-state index < -0.39 is 20.0 Å². The number of carbonyl (C=O) groups excluding carboxylic acids is 1. The minimum atomic E-state index is -4.61. The minimum absolute atomic E-state index is 0.00390. The number of likely N-dealkylation sites (N-methyl/N-ethyl adjacent to an activating group) is 1. The lowest BCUT2D eigenvalue weighted by Gasteiger charge is -2.29. The number of phosphoric acid groups is 1. The lowest BCUT2D eigenvalue weighted by atomic mass is 10.0. The quantitative estimate of drug-likeness (QED) is 0.0272. The molecule has 0 aromatic carbocycles. The molecule has 0 aromatic rings. The standard InChI is InChI=1S/C83H163N2O6P/c1-6-8-10-12-14-16-18-20-22-24-26-28-30-32-34-36-38-39-40-41-42-43-44-45-47-49-51-53-55-57-59-61-63-65-67-69-71-73-75-77-83(87)84-81(80-91-92(88,89)90-79-78-85(3,4)5)82(86)76-74-72-70-68-66-64-62-60-58-56-54-52-50-48-46-37-35-33-31-29-27-25-23-21-19-17-15-13-11-9-7-2/h24,26,66,68,74,76,81-82,86H,6-23,25,27-65,67,69-73,75,77-80H2,1-5H3,(H-,84,87,88,89)/b26-24-,68-66+,76-74+. The molecule has 0 fully saturated rings. The van der Waals surface area contributed by atoms with Gasteiger partial charge in [0.05, 0.1) is 39.9 Å². The molecule has 0 spiro atoms. The van der Waals surface area contributed by atoms with Crippen LogP contribution in [0, 0.1) is 0 Å². The van der Waals surface area contributed by atoms with Gasteiger partial charge in [-0.3, -0.25) is 9.36 Å². The van der Waals surface area contributed by atoms with Crippen LogP contribution in [0.1, 0.15) is 438 Å². The summed E-state index contributed by atoms with van der Waals surface area (Å²) in [7, 11) is 1.27. The largest absolute Gasteiger partial charge is 0.756 e. The molecular formula is C83H163N2O6P. The Morgan fingerprint density at radius 2 is 0.609 bits per heavy atom. The average molecular weight is 1320 g/mol. The van der Waals surface area contributed by atoms with Crippen molar-refractivity contribution in [3.05, 3.63) is 36.5 Å². The Bertz CT molecular complexity index is 1600. The Hall–Kier alpha value is -1.28. The number of nitrogens with one attached hydrogen (secondary N) is 1. The van der Waals surface area contributed by atoms with E-state index in [9.17, 15) is 19.4 Å². The molecule has 3 unspecified atom stereocenters. The van der Waals surface area contributed by atoms with E-state index in [1.807, 2.05) is 27.2 Å². The number of allylic oxidation sites excluding steroid dienone is 5. The Kier molecular flexibility index (Phi) is 72.9. The monoisotopic (exact) mass is 1320 g/mol. The van der Waals surface area contributed by atoms with Crippen molar-refractivity contribution in [3.63, 3.8) is 0 Å². The number of quaternary nitrogens is 1. The summed E-state index contributed by atoms with van der Waals surface area (Å²) in [5.41, 5.74) is 0. The molecule has 2 N–H and O–H groups in total. The summed E-state index contributed by atoms with van der Waals surface area (Å²) in [4.78, 5) is 25.7. The Morgan fingerprint density at radius 1 is 0.370 bits per heavy atom. The van der Waals surface area contributed by atoms with E-state index in [1.54, 1.807) is 6.08 Å². The number of aliphatic hydroxyl groups excluding tert-OH is 1. The second-order valence-corrected chi connectivity index (χ2v) is 31.2. The topological polar surface area (TPSA) is 108 Å². The van der Waals surface area contributed by atoms with E-state index in [-0.39, 0.29) is 19.1 Å². The highest BCUT2D eigenvalue weighted by Crippen LogP contribution is 2.38. The molecule has 0 heterocycles. The highest BCUT2D eigenvalue weighted by Gasteiger charge is 2.23. The van der Waals surface area contributed by atoms with Crippen LogP contribution in [0.2, 0.25) is 0 Å². The first kappa shape index (κ1) is 90.7. The van der Waals surface area contributed by atoms with Crippen LogP contribution < -0.4 is 10.2 Å². The molecule has 0 rings (SSSR count). The summed E-state index contributed by atoms with van der Waals surface area (Å²) in [5.74, 6) is -0.197. The number of unbranched alkanes of at least 4 members (excludes halogenated alkanes) is 61. The second kappa shape index (κ2) is 74.0. The zero-order chi connectivity index (χ0) is 66.9. The summed E-state index contributed by atoms with van der Waals surface area (Å²) < 4.78 is 23.5. The maximum atomic E-state index is 13.1. The van der Waals surface area contributed by atoms with Gasteiger partial charge in [0.2, 0.25) is 5.91 Å². The van der Waals surface area contributed by atoms with Crippen molar-refractivity contribution < 1.29 is 32.9 Å². The zero-order valence-electron chi connectivity index (χ0n) is 62.8.